The molecule has 4 N–H and O–H groups in total. The molecule has 0 aliphatic heterocycles. The number of anilines is 2. The summed E-state index contributed by atoms with van der Waals surface area (Å²) in [4.78, 5) is 37.3. The van der Waals surface area contributed by atoms with Crippen LogP contribution in [0.5, 0.6) is 0 Å². The Kier molecular flexibility index (Phi) is 7.30. The van der Waals surface area contributed by atoms with Crippen molar-refractivity contribution in [3.8, 4) is 10.4 Å². The third kappa shape index (κ3) is 7.05. The number of nitrogens with two attached hydrogens (primary N) is 1. The van der Waals surface area contributed by atoms with Gasteiger partial charge in [0.05, 0.1) is 11.4 Å². The van der Waals surface area contributed by atoms with Gasteiger partial charge in [-0.3, -0.25) is 14.9 Å². The summed E-state index contributed by atoms with van der Waals surface area (Å²) in [6, 6.07) is 15.9. The van der Waals surface area contributed by atoms with Gasteiger partial charge in [-0.2, -0.15) is 0 Å². The lowest BCUT2D eigenvalue weighted by atomic mass is 10.1. The van der Waals surface area contributed by atoms with Crippen molar-refractivity contribution >= 4 is 46.7 Å². The third-order valence-electron chi connectivity index (χ3n) is 4.32. The van der Waals surface area contributed by atoms with Gasteiger partial charge in [-0.05, 0) is 73.7 Å². The van der Waals surface area contributed by atoms with Crippen molar-refractivity contribution in [3.05, 3.63) is 77.2 Å². The fourth-order valence-corrected chi connectivity index (χ4v) is 3.63. The number of carbonyl (C=O) groups excluding carboxylic acids is 3. The summed E-state index contributed by atoms with van der Waals surface area (Å²) in [7, 11) is 0. The van der Waals surface area contributed by atoms with Gasteiger partial charge >= 0.3 is 6.09 Å². The molecule has 7 nitrogen and oxygen atoms in total. The molecule has 0 fully saturated rings. The van der Waals surface area contributed by atoms with Crippen LogP contribution in [0.3, 0.4) is 0 Å². The normalized spacial score (nSPS) is 11.2. The molecule has 0 aliphatic carbocycles. The van der Waals surface area contributed by atoms with Gasteiger partial charge < -0.3 is 15.8 Å². The molecule has 0 bridgehead atoms. The topological polar surface area (TPSA) is 111 Å². The Bertz CT molecular complexity index is 1190. The number of carbonyl (C=O) groups is 3. The molecule has 0 radical (unpaired) electrons. The summed E-state index contributed by atoms with van der Waals surface area (Å²) < 4.78 is 5.33. The standard InChI is InChI=1S/C25H25N3O4S/c1-25(2,3)32-24(31)28-19-11-10-17(21-8-5-13-33-21)15-20(19)27-22(29)12-9-16-6-4-7-18(14-16)23(26)30/h4-15H,1-3H3,(H2,26,30)(H,27,29)(H,28,31). The molecule has 1 heterocycles. The molecule has 0 spiro atoms. The lowest BCUT2D eigenvalue weighted by Gasteiger charge is -2.20. The average molecular weight is 464 g/mol. The van der Waals surface area contributed by atoms with Crippen LogP contribution in [0.15, 0.2) is 66.1 Å². The van der Waals surface area contributed by atoms with Gasteiger partial charge in [0.15, 0.2) is 0 Å². The molecule has 0 saturated carbocycles. The van der Waals surface area contributed by atoms with E-state index in [9.17, 15) is 14.4 Å². The lowest BCUT2D eigenvalue weighted by molar-refractivity contribution is -0.111. The Hall–Kier alpha value is -3.91. The molecule has 0 aliphatic rings. The zero-order valence-electron chi connectivity index (χ0n) is 18.5. The quantitative estimate of drug-likeness (QED) is 0.418. The second-order valence-electron chi connectivity index (χ2n) is 8.18. The zero-order valence-corrected chi connectivity index (χ0v) is 19.4. The van der Waals surface area contributed by atoms with E-state index in [2.05, 4.69) is 10.6 Å². The first-order chi connectivity index (χ1) is 15.6. The number of amides is 3. The SMILES string of the molecule is CC(C)(C)OC(=O)Nc1ccc(-c2cccs2)cc1NC(=O)C=Cc1cccc(C(N)=O)c1. The largest absolute Gasteiger partial charge is 0.444 e. The van der Waals surface area contributed by atoms with E-state index in [1.54, 1.807) is 74.6 Å². The maximum atomic E-state index is 12.6. The van der Waals surface area contributed by atoms with Gasteiger partial charge in [-0.1, -0.05) is 24.3 Å². The fourth-order valence-electron chi connectivity index (χ4n) is 2.91. The Labute approximate surface area is 196 Å². The monoisotopic (exact) mass is 463 g/mol. The summed E-state index contributed by atoms with van der Waals surface area (Å²) >= 11 is 1.57. The van der Waals surface area contributed by atoms with E-state index in [-0.39, 0.29) is 0 Å². The van der Waals surface area contributed by atoms with E-state index < -0.39 is 23.5 Å². The molecule has 0 atom stereocenters. The van der Waals surface area contributed by atoms with Gasteiger partial charge in [-0.15, -0.1) is 11.3 Å². The number of hydrogen-bond donors (Lipinski definition) is 3. The van der Waals surface area contributed by atoms with Gasteiger partial charge in [-0.25, -0.2) is 4.79 Å². The molecule has 1 aromatic heterocycles. The van der Waals surface area contributed by atoms with Crippen LogP contribution >= 0.6 is 11.3 Å². The summed E-state index contributed by atoms with van der Waals surface area (Å²) in [6.07, 6.45) is 2.29. The van der Waals surface area contributed by atoms with Gasteiger partial charge in [0.1, 0.15) is 5.60 Å². The number of rotatable bonds is 6. The Morgan fingerprint density at radius 3 is 2.42 bits per heavy atom. The van der Waals surface area contributed by atoms with Gasteiger partial charge in [0.2, 0.25) is 11.8 Å². The van der Waals surface area contributed by atoms with E-state index in [0.717, 1.165) is 10.4 Å². The Balaban J connectivity index is 1.83. The molecular weight excluding hydrogens is 438 g/mol. The number of nitrogens with one attached hydrogen (secondary N) is 2. The van der Waals surface area contributed by atoms with E-state index in [0.29, 0.717) is 22.5 Å². The predicted molar refractivity (Wildman–Crippen MR) is 132 cm³/mol. The van der Waals surface area contributed by atoms with Crippen LogP contribution in [-0.2, 0) is 9.53 Å². The van der Waals surface area contributed by atoms with Crippen LogP contribution in [0.25, 0.3) is 16.5 Å². The van der Waals surface area contributed by atoms with Crippen molar-refractivity contribution < 1.29 is 19.1 Å². The molecule has 2 aromatic carbocycles. The van der Waals surface area contributed by atoms with Crippen LogP contribution in [0.2, 0.25) is 0 Å². The van der Waals surface area contributed by atoms with Crippen LogP contribution in [0.4, 0.5) is 16.2 Å². The highest BCUT2D eigenvalue weighted by Gasteiger charge is 2.18. The van der Waals surface area contributed by atoms with Gasteiger partial charge in [0.25, 0.3) is 0 Å². The lowest BCUT2D eigenvalue weighted by Crippen LogP contribution is -2.27. The smallest absolute Gasteiger partial charge is 0.412 e. The second kappa shape index (κ2) is 10.1. The molecule has 0 unspecified atom stereocenters. The molecule has 3 aromatic rings. The van der Waals surface area contributed by atoms with E-state index in [1.165, 1.54) is 6.08 Å². The molecule has 3 rings (SSSR count). The van der Waals surface area contributed by atoms with E-state index in [1.807, 2.05) is 23.6 Å². The van der Waals surface area contributed by atoms with Crippen molar-refractivity contribution in [1.82, 2.24) is 0 Å². The molecule has 8 heteroatoms. The summed E-state index contributed by atoms with van der Waals surface area (Å²) in [6.45, 7) is 5.31. The number of benzene rings is 2. The van der Waals surface area contributed by atoms with E-state index in [4.69, 9.17) is 10.5 Å². The van der Waals surface area contributed by atoms with Crippen molar-refractivity contribution in [2.24, 2.45) is 5.73 Å². The maximum absolute atomic E-state index is 12.6. The minimum atomic E-state index is -0.660. The highest BCUT2D eigenvalue weighted by atomic mass is 32.1. The summed E-state index contributed by atoms with van der Waals surface area (Å²) in [5.41, 5.74) is 7.37. The Morgan fingerprint density at radius 1 is 0.970 bits per heavy atom. The first-order valence-electron chi connectivity index (χ1n) is 10.2. The summed E-state index contributed by atoms with van der Waals surface area (Å²) in [5, 5.41) is 7.46. The molecular formula is C25H25N3O4S. The highest BCUT2D eigenvalue weighted by Crippen LogP contribution is 2.32. The fraction of sp³-hybridized carbons (Fsp3) is 0.160. The minimum absolute atomic E-state index is 0.352. The number of primary amides is 1. The number of hydrogen-bond acceptors (Lipinski definition) is 5. The molecule has 3 amide bonds. The molecule has 0 saturated heterocycles. The second-order valence-corrected chi connectivity index (χ2v) is 9.12. The molecule has 33 heavy (non-hydrogen) atoms. The third-order valence-corrected chi connectivity index (χ3v) is 5.24. The van der Waals surface area contributed by atoms with Crippen LogP contribution in [0.1, 0.15) is 36.7 Å². The average Bonchev–Trinajstić information content (AvgIpc) is 3.27. The van der Waals surface area contributed by atoms with Crippen molar-refractivity contribution in [3.63, 3.8) is 0 Å². The predicted octanol–water partition coefficient (Wildman–Crippen LogP) is 5.51. The van der Waals surface area contributed by atoms with Crippen LogP contribution in [-0.4, -0.2) is 23.5 Å². The minimum Gasteiger partial charge on any atom is -0.444 e. The van der Waals surface area contributed by atoms with Gasteiger partial charge in [0, 0.05) is 16.5 Å². The van der Waals surface area contributed by atoms with Crippen molar-refractivity contribution in [2.75, 3.05) is 10.6 Å². The van der Waals surface area contributed by atoms with Crippen molar-refractivity contribution in [1.29, 1.82) is 0 Å². The van der Waals surface area contributed by atoms with Crippen LogP contribution < -0.4 is 16.4 Å². The first kappa shape index (κ1) is 23.7. The van der Waals surface area contributed by atoms with Crippen molar-refractivity contribution in [2.45, 2.75) is 26.4 Å². The maximum Gasteiger partial charge on any atom is 0.412 e. The summed E-state index contributed by atoms with van der Waals surface area (Å²) in [5.74, 6) is -0.951. The Morgan fingerprint density at radius 2 is 1.76 bits per heavy atom. The number of ether oxygens (including phenoxy) is 1. The zero-order chi connectivity index (χ0) is 24.0. The van der Waals surface area contributed by atoms with E-state index >= 15 is 0 Å². The molecule has 170 valence electrons. The first-order valence-corrected chi connectivity index (χ1v) is 11.1. The number of thiophene rings is 1. The van der Waals surface area contributed by atoms with Crippen LogP contribution in [0, 0.1) is 0 Å². The highest BCUT2D eigenvalue weighted by molar-refractivity contribution is 7.13.